The van der Waals surface area contributed by atoms with Crippen molar-refractivity contribution < 1.29 is 24.0 Å². The molecule has 0 radical (unpaired) electrons. The highest BCUT2D eigenvalue weighted by Gasteiger charge is 2.15. The van der Waals surface area contributed by atoms with Gasteiger partial charge in [-0.05, 0) is 24.3 Å². The summed E-state index contributed by atoms with van der Waals surface area (Å²) in [6.45, 7) is -0.943. The maximum atomic E-state index is 11.7. The molecule has 0 unspecified atom stereocenters. The maximum Gasteiger partial charge on any atom is 0.310 e. The molecule has 2 N–H and O–H groups in total. The summed E-state index contributed by atoms with van der Waals surface area (Å²) in [4.78, 5) is 33.6. The molecule has 0 aromatic heterocycles. The molecule has 2 amide bonds. The summed E-state index contributed by atoms with van der Waals surface area (Å²) in [6, 6.07) is 10.1. The smallest absolute Gasteiger partial charge is 0.310 e. The topological polar surface area (TPSA) is 120 Å². The Morgan fingerprint density at radius 1 is 0.963 bits per heavy atom. The molecule has 2 rings (SSSR count). The summed E-state index contributed by atoms with van der Waals surface area (Å²) < 4.78 is 10.3. The number of carbonyl (C=O) groups excluding carboxylic acids is 2. The van der Waals surface area contributed by atoms with Gasteiger partial charge < -0.3 is 9.47 Å². The SMILES string of the molecule is O=C(COc1ccc(Cl)cc1Cl)NNC(=O)COc1ccccc1[N+](=O)[O-]. The van der Waals surface area contributed by atoms with E-state index in [9.17, 15) is 19.7 Å². The van der Waals surface area contributed by atoms with E-state index in [4.69, 9.17) is 32.7 Å². The number of para-hydroxylation sites is 2. The van der Waals surface area contributed by atoms with Crippen LogP contribution in [0, 0.1) is 10.1 Å². The Morgan fingerprint density at radius 2 is 1.56 bits per heavy atom. The second kappa shape index (κ2) is 9.60. The minimum absolute atomic E-state index is 0.0651. The third kappa shape index (κ3) is 6.32. The van der Waals surface area contributed by atoms with E-state index in [1.165, 1.54) is 36.4 Å². The fraction of sp³-hybridized carbons (Fsp3) is 0.125. The Hall–Kier alpha value is -3.04. The Kier molecular flexibility index (Phi) is 7.21. The molecule has 0 aliphatic heterocycles. The van der Waals surface area contributed by atoms with Crippen molar-refractivity contribution in [2.24, 2.45) is 0 Å². The molecule has 0 aliphatic carbocycles. The number of hydrogen-bond acceptors (Lipinski definition) is 6. The van der Waals surface area contributed by atoms with Crippen LogP contribution in [-0.4, -0.2) is 30.0 Å². The average molecular weight is 414 g/mol. The van der Waals surface area contributed by atoms with E-state index in [1.807, 2.05) is 0 Å². The van der Waals surface area contributed by atoms with Gasteiger partial charge in [-0.25, -0.2) is 0 Å². The molecule has 0 atom stereocenters. The lowest BCUT2D eigenvalue weighted by atomic mass is 10.3. The molecule has 0 aliphatic rings. The number of nitro benzene ring substituents is 1. The zero-order chi connectivity index (χ0) is 19.8. The third-order valence-corrected chi connectivity index (χ3v) is 3.55. The van der Waals surface area contributed by atoms with Gasteiger partial charge in [0.1, 0.15) is 5.75 Å². The van der Waals surface area contributed by atoms with E-state index < -0.39 is 30.0 Å². The Bertz CT molecular complexity index is 862. The maximum absolute atomic E-state index is 11.7. The molecule has 2 aromatic rings. The molecule has 0 saturated heterocycles. The van der Waals surface area contributed by atoms with Gasteiger partial charge in [0.2, 0.25) is 0 Å². The summed E-state index contributed by atoms with van der Waals surface area (Å²) >= 11 is 11.6. The minimum atomic E-state index is -0.717. The highest BCUT2D eigenvalue weighted by Crippen LogP contribution is 2.27. The first-order valence-electron chi connectivity index (χ1n) is 7.38. The first kappa shape index (κ1) is 20.3. The number of hydrogen-bond donors (Lipinski definition) is 2. The van der Waals surface area contributed by atoms with Gasteiger partial charge >= 0.3 is 5.69 Å². The number of amides is 2. The lowest BCUT2D eigenvalue weighted by Gasteiger charge is -2.10. The van der Waals surface area contributed by atoms with Crippen molar-refractivity contribution >= 4 is 40.7 Å². The van der Waals surface area contributed by atoms with Crippen molar-refractivity contribution in [3.05, 3.63) is 62.6 Å². The summed E-state index contributed by atoms with van der Waals surface area (Å²) in [6.07, 6.45) is 0. The molecule has 0 heterocycles. The zero-order valence-corrected chi connectivity index (χ0v) is 15.1. The summed E-state index contributed by atoms with van der Waals surface area (Å²) in [5.41, 5.74) is 3.93. The van der Waals surface area contributed by atoms with Gasteiger partial charge in [-0.1, -0.05) is 35.3 Å². The lowest BCUT2D eigenvalue weighted by molar-refractivity contribution is -0.385. The molecule has 0 saturated carbocycles. The first-order chi connectivity index (χ1) is 12.9. The van der Waals surface area contributed by atoms with E-state index in [2.05, 4.69) is 10.9 Å². The monoisotopic (exact) mass is 413 g/mol. The number of hydrazine groups is 1. The van der Waals surface area contributed by atoms with Crippen molar-refractivity contribution in [2.45, 2.75) is 0 Å². The van der Waals surface area contributed by atoms with Gasteiger partial charge in [0.15, 0.2) is 19.0 Å². The molecule has 11 heteroatoms. The van der Waals surface area contributed by atoms with Gasteiger partial charge in [0, 0.05) is 11.1 Å². The van der Waals surface area contributed by atoms with Crippen molar-refractivity contribution in [1.29, 1.82) is 0 Å². The highest BCUT2D eigenvalue weighted by molar-refractivity contribution is 6.35. The van der Waals surface area contributed by atoms with Crippen LogP contribution in [-0.2, 0) is 9.59 Å². The van der Waals surface area contributed by atoms with Crippen LogP contribution >= 0.6 is 23.2 Å². The largest absolute Gasteiger partial charge is 0.482 e. The highest BCUT2D eigenvalue weighted by atomic mass is 35.5. The van der Waals surface area contributed by atoms with E-state index in [0.717, 1.165) is 0 Å². The van der Waals surface area contributed by atoms with E-state index in [1.54, 1.807) is 6.07 Å². The second-order valence-corrected chi connectivity index (χ2v) is 5.82. The fourth-order valence-electron chi connectivity index (χ4n) is 1.82. The molecular formula is C16H13Cl2N3O6. The summed E-state index contributed by atoms with van der Waals surface area (Å²) in [7, 11) is 0. The lowest BCUT2D eigenvalue weighted by Crippen LogP contribution is -2.45. The standard InChI is InChI=1S/C16H13Cl2N3O6/c17-10-5-6-13(11(18)7-10)26-8-15(22)19-20-16(23)9-27-14-4-2-1-3-12(14)21(24)25/h1-7H,8-9H2,(H,19,22)(H,20,23). The van der Waals surface area contributed by atoms with Gasteiger partial charge in [-0.15, -0.1) is 0 Å². The number of nitrogens with zero attached hydrogens (tertiary/aromatic N) is 1. The van der Waals surface area contributed by atoms with Gasteiger partial charge in [0.25, 0.3) is 11.8 Å². The van der Waals surface area contributed by atoms with Gasteiger partial charge in [0.05, 0.1) is 9.95 Å². The fourth-order valence-corrected chi connectivity index (χ4v) is 2.28. The molecule has 0 fully saturated rings. The molecule has 0 spiro atoms. The number of halogens is 2. The van der Waals surface area contributed by atoms with Crippen LogP contribution in [0.2, 0.25) is 10.0 Å². The van der Waals surface area contributed by atoms with Crippen molar-refractivity contribution in [3.8, 4) is 11.5 Å². The number of benzene rings is 2. The molecule has 2 aromatic carbocycles. The number of rotatable bonds is 7. The van der Waals surface area contributed by atoms with Gasteiger partial charge in [-0.2, -0.15) is 0 Å². The Labute approximate surface area is 163 Å². The molecule has 9 nitrogen and oxygen atoms in total. The Balaban J connectivity index is 1.75. The van der Waals surface area contributed by atoms with Crippen LogP contribution in [0.1, 0.15) is 0 Å². The second-order valence-electron chi connectivity index (χ2n) is 4.97. The van der Waals surface area contributed by atoms with E-state index in [0.29, 0.717) is 5.02 Å². The summed E-state index contributed by atoms with van der Waals surface area (Å²) in [5, 5.41) is 11.5. The van der Waals surface area contributed by atoms with Crippen LogP contribution in [0.5, 0.6) is 11.5 Å². The normalized spacial score (nSPS) is 10.0. The molecule has 0 bridgehead atoms. The predicted octanol–water partition coefficient (Wildman–Crippen LogP) is 2.51. The third-order valence-electron chi connectivity index (χ3n) is 3.01. The number of carbonyl (C=O) groups is 2. The first-order valence-corrected chi connectivity index (χ1v) is 8.14. The molecule has 142 valence electrons. The van der Waals surface area contributed by atoms with Crippen molar-refractivity contribution in [3.63, 3.8) is 0 Å². The number of nitrogens with one attached hydrogen (secondary N) is 2. The van der Waals surface area contributed by atoms with Crippen LogP contribution in [0.15, 0.2) is 42.5 Å². The van der Waals surface area contributed by atoms with Crippen LogP contribution in [0.25, 0.3) is 0 Å². The molecular weight excluding hydrogens is 401 g/mol. The zero-order valence-electron chi connectivity index (χ0n) is 13.6. The Morgan fingerprint density at radius 3 is 2.15 bits per heavy atom. The quantitative estimate of drug-likeness (QED) is 0.531. The summed E-state index contributed by atoms with van der Waals surface area (Å²) in [5.74, 6) is -1.18. The number of ether oxygens (including phenoxy) is 2. The van der Waals surface area contributed by atoms with Crippen LogP contribution in [0.4, 0.5) is 5.69 Å². The van der Waals surface area contributed by atoms with Crippen LogP contribution in [0.3, 0.4) is 0 Å². The van der Waals surface area contributed by atoms with E-state index >= 15 is 0 Å². The minimum Gasteiger partial charge on any atom is -0.482 e. The van der Waals surface area contributed by atoms with Crippen molar-refractivity contribution in [2.75, 3.05) is 13.2 Å². The molecule has 27 heavy (non-hydrogen) atoms. The number of nitro groups is 1. The van der Waals surface area contributed by atoms with Crippen molar-refractivity contribution in [1.82, 2.24) is 10.9 Å². The average Bonchev–Trinajstić information content (AvgIpc) is 2.64. The van der Waals surface area contributed by atoms with Crippen LogP contribution < -0.4 is 20.3 Å². The predicted molar refractivity (Wildman–Crippen MR) is 96.8 cm³/mol. The van der Waals surface area contributed by atoms with Gasteiger partial charge in [-0.3, -0.25) is 30.6 Å². The van der Waals surface area contributed by atoms with E-state index in [-0.39, 0.29) is 22.2 Å².